The third kappa shape index (κ3) is 5.70. The molecule has 0 amide bonds. The Morgan fingerprint density at radius 2 is 1.82 bits per heavy atom. The highest BCUT2D eigenvalue weighted by atomic mass is 79.9. The highest BCUT2D eigenvalue weighted by Crippen LogP contribution is 2.35. The molecule has 0 aromatic heterocycles. The summed E-state index contributed by atoms with van der Waals surface area (Å²) in [6, 6.07) is 19.9. The fourth-order valence-electron chi connectivity index (χ4n) is 3.09. The predicted molar refractivity (Wildman–Crippen MR) is 137 cm³/mol. The van der Waals surface area contributed by atoms with E-state index in [0.717, 1.165) is 5.56 Å². The van der Waals surface area contributed by atoms with Crippen molar-refractivity contribution in [2.24, 2.45) is 4.99 Å². The molecule has 0 fully saturated rings. The molecule has 1 heterocycles. The van der Waals surface area contributed by atoms with Crippen molar-refractivity contribution in [2.75, 3.05) is 7.11 Å². The van der Waals surface area contributed by atoms with Crippen LogP contribution in [0.2, 0.25) is 0 Å². The molecule has 8 heteroatoms. The lowest BCUT2D eigenvalue weighted by Crippen LogP contribution is -2.06. The number of aliphatic imine (C=N–C) groups is 1. The quantitative estimate of drug-likeness (QED) is 0.197. The predicted octanol–water partition coefficient (Wildman–Crippen LogP) is 6.18. The number of hydrogen-bond acceptors (Lipinski definition) is 6. The van der Waals surface area contributed by atoms with Crippen molar-refractivity contribution in [3.63, 3.8) is 0 Å². The molecule has 3 aromatic rings. The summed E-state index contributed by atoms with van der Waals surface area (Å²) >= 11 is 6.85. The second-order valence-corrected chi connectivity index (χ2v) is 8.81. The standard InChI is InChI=1S/C26H17Br2NO5/c1-32-20-9-5-8-17(13-20)25-29-22(26(31)34-25)14-18-12-19(27)15-21(28)24(18)33-23(30)11-10-16-6-3-2-4-7-16/h2-15H,1H3/b11-10+,22-14-. The molecular weight excluding hydrogens is 566 g/mol. The number of carbonyl (C=O) groups is 2. The first kappa shape index (κ1) is 23.7. The molecule has 0 bridgehead atoms. The van der Waals surface area contributed by atoms with Gasteiger partial charge in [0.2, 0.25) is 5.90 Å². The zero-order valence-corrected chi connectivity index (χ0v) is 21.0. The van der Waals surface area contributed by atoms with Gasteiger partial charge in [-0.1, -0.05) is 52.3 Å². The van der Waals surface area contributed by atoms with Crippen molar-refractivity contribution in [2.45, 2.75) is 0 Å². The Kier molecular flexibility index (Phi) is 7.40. The van der Waals surface area contributed by atoms with Gasteiger partial charge in [-0.25, -0.2) is 14.6 Å². The minimum Gasteiger partial charge on any atom is -0.497 e. The van der Waals surface area contributed by atoms with Gasteiger partial charge in [0, 0.05) is 21.7 Å². The van der Waals surface area contributed by atoms with Gasteiger partial charge in [-0.15, -0.1) is 0 Å². The third-order valence-electron chi connectivity index (χ3n) is 4.68. The number of esters is 2. The summed E-state index contributed by atoms with van der Waals surface area (Å²) in [5.41, 5.74) is 2.00. The van der Waals surface area contributed by atoms with Crippen molar-refractivity contribution in [3.8, 4) is 11.5 Å². The second-order valence-electron chi connectivity index (χ2n) is 7.04. The topological polar surface area (TPSA) is 74.2 Å². The van der Waals surface area contributed by atoms with Gasteiger partial charge in [-0.05, 0) is 64.0 Å². The van der Waals surface area contributed by atoms with Crippen molar-refractivity contribution in [3.05, 3.63) is 104 Å². The number of methoxy groups -OCH3 is 1. The van der Waals surface area contributed by atoms with Crippen LogP contribution in [-0.4, -0.2) is 24.9 Å². The van der Waals surface area contributed by atoms with Gasteiger partial charge in [0.05, 0.1) is 11.6 Å². The fourth-order valence-corrected chi connectivity index (χ4v) is 4.43. The molecule has 34 heavy (non-hydrogen) atoms. The number of benzene rings is 3. The number of carbonyl (C=O) groups excluding carboxylic acids is 2. The number of cyclic esters (lactones) is 1. The molecule has 0 N–H and O–H groups in total. The second kappa shape index (κ2) is 10.6. The van der Waals surface area contributed by atoms with E-state index in [4.69, 9.17) is 14.2 Å². The molecule has 0 atom stereocenters. The maximum absolute atomic E-state index is 12.5. The Bertz CT molecular complexity index is 1350. The Balaban J connectivity index is 1.64. The van der Waals surface area contributed by atoms with Crippen LogP contribution in [0.1, 0.15) is 16.7 Å². The van der Waals surface area contributed by atoms with Gasteiger partial charge < -0.3 is 14.2 Å². The van der Waals surface area contributed by atoms with Crippen molar-refractivity contribution >= 4 is 61.8 Å². The lowest BCUT2D eigenvalue weighted by atomic mass is 10.1. The summed E-state index contributed by atoms with van der Waals surface area (Å²) in [4.78, 5) is 29.3. The number of halogens is 2. The van der Waals surface area contributed by atoms with E-state index in [1.54, 1.807) is 49.6 Å². The maximum atomic E-state index is 12.5. The summed E-state index contributed by atoms with van der Waals surface area (Å²) < 4.78 is 17.4. The van der Waals surface area contributed by atoms with Crippen LogP contribution in [0.3, 0.4) is 0 Å². The Hall–Kier alpha value is -3.49. The van der Waals surface area contributed by atoms with Crippen molar-refractivity contribution < 1.29 is 23.8 Å². The molecule has 0 radical (unpaired) electrons. The first-order valence-corrected chi connectivity index (χ1v) is 11.6. The van der Waals surface area contributed by atoms with E-state index < -0.39 is 11.9 Å². The van der Waals surface area contributed by atoms with Gasteiger partial charge in [-0.2, -0.15) is 0 Å². The highest BCUT2D eigenvalue weighted by molar-refractivity contribution is 9.11. The molecule has 4 rings (SSSR count). The molecule has 1 aliphatic rings. The van der Waals surface area contributed by atoms with E-state index in [-0.39, 0.29) is 17.3 Å². The van der Waals surface area contributed by atoms with Gasteiger partial charge >= 0.3 is 11.9 Å². The van der Waals surface area contributed by atoms with Crippen LogP contribution < -0.4 is 9.47 Å². The van der Waals surface area contributed by atoms with Gasteiger partial charge in [0.15, 0.2) is 11.4 Å². The van der Waals surface area contributed by atoms with Crippen LogP contribution in [0, 0.1) is 0 Å². The Labute approximate surface area is 212 Å². The molecule has 0 saturated heterocycles. The first-order chi connectivity index (χ1) is 16.4. The largest absolute Gasteiger partial charge is 0.497 e. The normalized spacial score (nSPS) is 14.3. The van der Waals surface area contributed by atoms with E-state index >= 15 is 0 Å². The number of rotatable bonds is 6. The molecule has 0 spiro atoms. The molecule has 0 saturated carbocycles. The first-order valence-electron chi connectivity index (χ1n) is 10.0. The summed E-state index contributed by atoms with van der Waals surface area (Å²) in [7, 11) is 1.55. The monoisotopic (exact) mass is 581 g/mol. The number of hydrogen-bond donors (Lipinski definition) is 0. The molecule has 0 aliphatic carbocycles. The zero-order chi connectivity index (χ0) is 24.1. The SMILES string of the molecule is COc1cccc(C2=N/C(=C\c3cc(Br)cc(Br)c3OC(=O)/C=C/c3ccccc3)C(=O)O2)c1. The van der Waals surface area contributed by atoms with Crippen LogP contribution in [0.4, 0.5) is 0 Å². The van der Waals surface area contributed by atoms with Crippen LogP contribution in [0.25, 0.3) is 12.2 Å². The zero-order valence-electron chi connectivity index (χ0n) is 17.8. The molecule has 170 valence electrons. The van der Waals surface area contributed by atoms with Gasteiger partial charge in [0.25, 0.3) is 0 Å². The molecular formula is C26H17Br2NO5. The minimum absolute atomic E-state index is 0.0694. The number of nitrogens with zero attached hydrogens (tertiary/aromatic N) is 1. The highest BCUT2D eigenvalue weighted by Gasteiger charge is 2.25. The van der Waals surface area contributed by atoms with E-state index in [1.807, 2.05) is 30.3 Å². The summed E-state index contributed by atoms with van der Waals surface area (Å²) in [6.07, 6.45) is 4.50. The van der Waals surface area contributed by atoms with E-state index in [9.17, 15) is 9.59 Å². The van der Waals surface area contributed by atoms with Crippen LogP contribution >= 0.6 is 31.9 Å². The maximum Gasteiger partial charge on any atom is 0.363 e. The summed E-state index contributed by atoms with van der Waals surface area (Å²) in [6.45, 7) is 0. The fraction of sp³-hybridized carbons (Fsp3) is 0.0385. The van der Waals surface area contributed by atoms with E-state index in [2.05, 4.69) is 36.9 Å². The minimum atomic E-state index is -0.616. The molecule has 0 unspecified atom stereocenters. The van der Waals surface area contributed by atoms with Crippen molar-refractivity contribution in [1.29, 1.82) is 0 Å². The average Bonchev–Trinajstić information content (AvgIpc) is 3.20. The third-order valence-corrected chi connectivity index (χ3v) is 5.73. The van der Waals surface area contributed by atoms with E-state index in [0.29, 0.717) is 25.8 Å². The van der Waals surface area contributed by atoms with E-state index in [1.165, 1.54) is 12.2 Å². The lowest BCUT2D eigenvalue weighted by Gasteiger charge is -2.09. The average molecular weight is 583 g/mol. The van der Waals surface area contributed by atoms with Crippen LogP contribution in [-0.2, 0) is 14.3 Å². The lowest BCUT2D eigenvalue weighted by molar-refractivity contribution is -0.130. The smallest absolute Gasteiger partial charge is 0.363 e. The molecule has 1 aliphatic heterocycles. The van der Waals surface area contributed by atoms with Crippen LogP contribution in [0.15, 0.2) is 92.4 Å². The Morgan fingerprint density at radius 3 is 2.59 bits per heavy atom. The molecule has 3 aromatic carbocycles. The number of ether oxygens (including phenoxy) is 3. The van der Waals surface area contributed by atoms with Crippen molar-refractivity contribution in [1.82, 2.24) is 0 Å². The van der Waals surface area contributed by atoms with Gasteiger partial charge in [0.1, 0.15) is 5.75 Å². The Morgan fingerprint density at radius 1 is 1.03 bits per heavy atom. The van der Waals surface area contributed by atoms with Crippen LogP contribution in [0.5, 0.6) is 11.5 Å². The summed E-state index contributed by atoms with van der Waals surface area (Å²) in [5, 5.41) is 0. The summed E-state index contributed by atoms with van der Waals surface area (Å²) in [5.74, 6) is -0.164. The molecule has 6 nitrogen and oxygen atoms in total. The van der Waals surface area contributed by atoms with Gasteiger partial charge in [-0.3, -0.25) is 0 Å².